The Balaban J connectivity index is 1.86. The number of carbonyl (C=O) groups is 1. The standard InChI is InChI=1S/C16H19ClN4O/c1-18-13-6-3-7-21(10-13)16(22)14-9-19-20-15(14)11-4-2-5-12(17)8-11/h2,4-5,8-9,13,18H,3,6-7,10H2,1H3,(H,19,20). The zero-order chi connectivity index (χ0) is 15.5. The van der Waals surface area contributed by atoms with E-state index < -0.39 is 0 Å². The van der Waals surface area contributed by atoms with Gasteiger partial charge in [-0.05, 0) is 32.0 Å². The van der Waals surface area contributed by atoms with Crippen LogP contribution in [-0.4, -0.2) is 47.2 Å². The van der Waals surface area contributed by atoms with Gasteiger partial charge in [-0.3, -0.25) is 9.89 Å². The number of benzene rings is 1. The molecule has 1 aliphatic rings. The summed E-state index contributed by atoms with van der Waals surface area (Å²) in [6.45, 7) is 1.52. The Morgan fingerprint density at radius 2 is 2.36 bits per heavy atom. The normalized spacial score (nSPS) is 18.5. The number of rotatable bonds is 3. The van der Waals surface area contributed by atoms with E-state index in [9.17, 15) is 4.79 Å². The Bertz CT molecular complexity index is 670. The van der Waals surface area contributed by atoms with E-state index in [0.717, 1.165) is 37.2 Å². The first-order valence-electron chi connectivity index (χ1n) is 7.45. The van der Waals surface area contributed by atoms with Crippen LogP contribution in [0.3, 0.4) is 0 Å². The van der Waals surface area contributed by atoms with Gasteiger partial charge in [-0.1, -0.05) is 23.7 Å². The van der Waals surface area contributed by atoms with Crippen molar-refractivity contribution in [3.8, 4) is 11.3 Å². The summed E-state index contributed by atoms with van der Waals surface area (Å²) in [6.07, 6.45) is 3.72. The fourth-order valence-corrected chi connectivity index (χ4v) is 3.07. The molecule has 2 aromatic rings. The number of H-pyrrole nitrogens is 1. The van der Waals surface area contributed by atoms with Gasteiger partial charge in [0.05, 0.1) is 17.5 Å². The molecule has 0 spiro atoms. The minimum atomic E-state index is 0.0173. The third-order valence-corrected chi connectivity index (χ3v) is 4.33. The lowest BCUT2D eigenvalue weighted by Gasteiger charge is -2.32. The molecule has 0 radical (unpaired) electrons. The molecule has 1 fully saturated rings. The number of carbonyl (C=O) groups excluding carboxylic acids is 1. The van der Waals surface area contributed by atoms with Gasteiger partial charge in [0.1, 0.15) is 0 Å². The number of nitrogens with one attached hydrogen (secondary N) is 2. The predicted molar refractivity (Wildman–Crippen MR) is 87.0 cm³/mol. The lowest BCUT2D eigenvalue weighted by atomic mass is 10.0. The average molecular weight is 319 g/mol. The number of amides is 1. The summed E-state index contributed by atoms with van der Waals surface area (Å²) < 4.78 is 0. The van der Waals surface area contributed by atoms with E-state index >= 15 is 0 Å². The van der Waals surface area contributed by atoms with Crippen molar-refractivity contribution in [2.45, 2.75) is 18.9 Å². The van der Waals surface area contributed by atoms with E-state index in [2.05, 4.69) is 15.5 Å². The largest absolute Gasteiger partial charge is 0.337 e. The third kappa shape index (κ3) is 3.00. The van der Waals surface area contributed by atoms with Crippen LogP contribution in [0.5, 0.6) is 0 Å². The quantitative estimate of drug-likeness (QED) is 0.914. The second-order valence-electron chi connectivity index (χ2n) is 5.55. The highest BCUT2D eigenvalue weighted by Crippen LogP contribution is 2.25. The summed E-state index contributed by atoms with van der Waals surface area (Å²) in [5, 5.41) is 10.9. The number of halogens is 1. The lowest BCUT2D eigenvalue weighted by Crippen LogP contribution is -2.47. The minimum Gasteiger partial charge on any atom is -0.337 e. The van der Waals surface area contributed by atoms with E-state index in [-0.39, 0.29) is 5.91 Å². The SMILES string of the molecule is CNC1CCCN(C(=O)c2cn[nH]c2-c2cccc(Cl)c2)C1. The molecule has 116 valence electrons. The Hall–Kier alpha value is -1.85. The van der Waals surface area contributed by atoms with Crippen molar-refractivity contribution >= 4 is 17.5 Å². The van der Waals surface area contributed by atoms with Gasteiger partial charge in [0.15, 0.2) is 0 Å². The Kier molecular flexibility index (Phi) is 4.45. The molecule has 1 aromatic carbocycles. The molecule has 5 nitrogen and oxygen atoms in total. The number of nitrogens with zero attached hydrogens (tertiary/aromatic N) is 2. The number of hydrogen-bond donors (Lipinski definition) is 2. The van der Waals surface area contributed by atoms with Crippen molar-refractivity contribution < 1.29 is 4.79 Å². The Morgan fingerprint density at radius 1 is 1.50 bits per heavy atom. The van der Waals surface area contributed by atoms with Crippen molar-refractivity contribution in [2.75, 3.05) is 20.1 Å². The first-order chi connectivity index (χ1) is 10.7. The van der Waals surface area contributed by atoms with Crippen molar-refractivity contribution in [3.63, 3.8) is 0 Å². The van der Waals surface area contributed by atoms with Crippen molar-refractivity contribution in [1.29, 1.82) is 0 Å². The molecule has 0 saturated carbocycles. The smallest absolute Gasteiger partial charge is 0.257 e. The number of likely N-dealkylation sites (tertiary alicyclic amines) is 1. The molecule has 6 heteroatoms. The molecular formula is C16H19ClN4O. The van der Waals surface area contributed by atoms with Gasteiger partial charge in [-0.2, -0.15) is 5.10 Å². The minimum absolute atomic E-state index is 0.0173. The molecule has 1 amide bonds. The summed E-state index contributed by atoms with van der Waals surface area (Å²) >= 11 is 6.04. The van der Waals surface area contributed by atoms with Gasteiger partial charge in [0.2, 0.25) is 0 Å². The maximum Gasteiger partial charge on any atom is 0.257 e. The van der Waals surface area contributed by atoms with Crippen LogP contribution < -0.4 is 5.32 Å². The Morgan fingerprint density at radius 3 is 3.14 bits per heavy atom. The van der Waals surface area contributed by atoms with E-state index in [1.165, 1.54) is 0 Å². The van der Waals surface area contributed by atoms with Gasteiger partial charge in [-0.25, -0.2) is 0 Å². The predicted octanol–water partition coefficient (Wildman–Crippen LogP) is 2.55. The summed E-state index contributed by atoms with van der Waals surface area (Å²) in [5.74, 6) is 0.0173. The van der Waals surface area contributed by atoms with Gasteiger partial charge in [0, 0.05) is 29.7 Å². The third-order valence-electron chi connectivity index (χ3n) is 4.10. The van der Waals surface area contributed by atoms with Crippen molar-refractivity contribution in [1.82, 2.24) is 20.4 Å². The van der Waals surface area contributed by atoms with Crippen LogP contribution in [0.1, 0.15) is 23.2 Å². The molecule has 1 unspecified atom stereocenters. The number of aromatic amines is 1. The fourth-order valence-electron chi connectivity index (χ4n) is 2.88. The maximum atomic E-state index is 12.8. The summed E-state index contributed by atoms with van der Waals surface area (Å²) in [5.41, 5.74) is 2.19. The molecule has 1 aliphatic heterocycles. The zero-order valence-electron chi connectivity index (χ0n) is 12.5. The number of piperidine rings is 1. The molecule has 0 bridgehead atoms. The van der Waals surface area contributed by atoms with Crippen LogP contribution in [0.15, 0.2) is 30.5 Å². The summed E-state index contributed by atoms with van der Waals surface area (Å²) in [7, 11) is 1.94. The summed E-state index contributed by atoms with van der Waals surface area (Å²) in [4.78, 5) is 14.7. The molecule has 22 heavy (non-hydrogen) atoms. The molecule has 2 heterocycles. The number of aromatic nitrogens is 2. The first-order valence-corrected chi connectivity index (χ1v) is 7.82. The van der Waals surface area contributed by atoms with Crippen molar-refractivity contribution in [3.05, 3.63) is 41.0 Å². The second kappa shape index (κ2) is 6.50. The number of hydrogen-bond acceptors (Lipinski definition) is 3. The van der Waals surface area contributed by atoms with Crippen LogP contribution in [0.2, 0.25) is 5.02 Å². The van der Waals surface area contributed by atoms with E-state index in [1.54, 1.807) is 6.20 Å². The van der Waals surface area contributed by atoms with Crippen LogP contribution in [0.25, 0.3) is 11.3 Å². The number of likely N-dealkylation sites (N-methyl/N-ethyl adjacent to an activating group) is 1. The van der Waals surface area contributed by atoms with Gasteiger partial charge < -0.3 is 10.2 Å². The van der Waals surface area contributed by atoms with E-state index in [4.69, 9.17) is 11.6 Å². The van der Waals surface area contributed by atoms with Crippen LogP contribution in [0.4, 0.5) is 0 Å². The molecule has 1 aromatic heterocycles. The molecule has 1 atom stereocenters. The highest BCUT2D eigenvalue weighted by molar-refractivity contribution is 6.30. The van der Waals surface area contributed by atoms with Gasteiger partial charge in [-0.15, -0.1) is 0 Å². The highest BCUT2D eigenvalue weighted by Gasteiger charge is 2.26. The topological polar surface area (TPSA) is 61.0 Å². The van der Waals surface area contributed by atoms with Crippen molar-refractivity contribution in [2.24, 2.45) is 0 Å². The summed E-state index contributed by atoms with van der Waals surface area (Å²) in [6, 6.07) is 7.79. The van der Waals surface area contributed by atoms with Crippen LogP contribution in [0, 0.1) is 0 Å². The molecule has 3 rings (SSSR count). The monoisotopic (exact) mass is 318 g/mol. The maximum absolute atomic E-state index is 12.8. The van der Waals surface area contributed by atoms with Crippen LogP contribution in [-0.2, 0) is 0 Å². The van der Waals surface area contributed by atoms with E-state index in [1.807, 2.05) is 36.2 Å². The van der Waals surface area contributed by atoms with E-state index in [0.29, 0.717) is 16.6 Å². The second-order valence-corrected chi connectivity index (χ2v) is 5.98. The molecular weight excluding hydrogens is 300 g/mol. The highest BCUT2D eigenvalue weighted by atomic mass is 35.5. The molecule has 2 N–H and O–H groups in total. The first kappa shape index (κ1) is 15.1. The zero-order valence-corrected chi connectivity index (χ0v) is 13.2. The lowest BCUT2D eigenvalue weighted by molar-refractivity contribution is 0.0699. The molecule has 1 saturated heterocycles. The Labute approximate surface area is 134 Å². The molecule has 0 aliphatic carbocycles. The fraction of sp³-hybridized carbons (Fsp3) is 0.375. The average Bonchev–Trinajstić information content (AvgIpc) is 3.04. The van der Waals surface area contributed by atoms with Gasteiger partial charge in [0.25, 0.3) is 5.91 Å². The van der Waals surface area contributed by atoms with Crippen LogP contribution >= 0.6 is 11.6 Å². The van der Waals surface area contributed by atoms with Gasteiger partial charge >= 0.3 is 0 Å².